The largest absolute Gasteiger partial charge is 0.524 e. The fourth-order valence-corrected chi connectivity index (χ4v) is 6.62. The van der Waals surface area contributed by atoms with Crippen LogP contribution < -0.4 is 9.61 Å². The van der Waals surface area contributed by atoms with Gasteiger partial charge in [-0.05, 0) is 54.4 Å². The maximum absolute atomic E-state index is 13.8. The minimum absolute atomic E-state index is 0.0285. The summed E-state index contributed by atoms with van der Waals surface area (Å²) in [6, 6.07) is 19.1. The number of para-hydroxylation sites is 1. The highest BCUT2D eigenvalue weighted by atomic mass is 31.2. The summed E-state index contributed by atoms with van der Waals surface area (Å²) in [7, 11) is -5.99. The summed E-state index contributed by atoms with van der Waals surface area (Å²) < 4.78 is 37.1. The highest BCUT2D eigenvalue weighted by molar-refractivity contribution is 7.56. The third-order valence-corrected chi connectivity index (χ3v) is 8.30. The van der Waals surface area contributed by atoms with Gasteiger partial charge < -0.3 is 18.5 Å². The Labute approximate surface area is 182 Å². The highest BCUT2D eigenvalue weighted by Crippen LogP contribution is 2.47. The molecule has 0 bridgehead atoms. The van der Waals surface area contributed by atoms with Crippen LogP contribution in [-0.4, -0.2) is 32.3 Å². The van der Waals surface area contributed by atoms with Crippen molar-refractivity contribution in [3.63, 3.8) is 0 Å². The zero-order valence-electron chi connectivity index (χ0n) is 17.3. The Bertz CT molecular complexity index is 1140. The van der Waals surface area contributed by atoms with E-state index in [1.54, 1.807) is 62.4 Å². The van der Waals surface area contributed by atoms with Crippen LogP contribution in [0.5, 0.6) is 5.75 Å². The second kappa shape index (κ2) is 10.0. The first-order valence-electron chi connectivity index (χ1n) is 9.84. The molecule has 0 spiro atoms. The molecule has 2 N–H and O–H groups in total. The number of carboxylic acid groups (broad SMARTS) is 1. The Morgan fingerprint density at radius 1 is 1.10 bits per heavy atom. The van der Waals surface area contributed by atoms with Gasteiger partial charge in [-0.3, -0.25) is 4.57 Å². The molecule has 9 heteroatoms. The predicted octanol–water partition coefficient (Wildman–Crippen LogP) is 4.78. The maximum atomic E-state index is 13.8. The molecule has 0 saturated heterocycles. The third-order valence-electron chi connectivity index (χ3n) is 4.57. The van der Waals surface area contributed by atoms with Crippen molar-refractivity contribution >= 4 is 33.2 Å². The fourth-order valence-electron chi connectivity index (χ4n) is 3.14. The van der Waals surface area contributed by atoms with Gasteiger partial charge in [-0.25, -0.2) is 9.88 Å². The van der Waals surface area contributed by atoms with Crippen LogP contribution in [0.15, 0.2) is 66.7 Å². The number of hydrogen-bond acceptors (Lipinski definition) is 5. The van der Waals surface area contributed by atoms with Gasteiger partial charge in [-0.1, -0.05) is 42.5 Å². The molecule has 7 nitrogen and oxygen atoms in total. The first-order valence-corrected chi connectivity index (χ1v) is 13.0. The molecule has 0 aromatic heterocycles. The number of carboxylic acids is 1. The summed E-state index contributed by atoms with van der Waals surface area (Å²) >= 11 is 0. The first-order chi connectivity index (χ1) is 14.8. The summed E-state index contributed by atoms with van der Waals surface area (Å²) in [4.78, 5) is 11.3. The van der Waals surface area contributed by atoms with E-state index in [2.05, 4.69) is 5.09 Å². The second-order valence-electron chi connectivity index (χ2n) is 7.04. The number of carbonyl (C=O) groups is 1. The monoisotopic (exact) mass is 457 g/mol. The molecule has 0 aliphatic carbocycles. The smallest absolute Gasteiger partial charge is 0.520 e. The van der Waals surface area contributed by atoms with E-state index >= 15 is 0 Å². The summed E-state index contributed by atoms with van der Waals surface area (Å²) in [5.41, 5.74) is 0.221. The fraction of sp³-hybridized carbons (Fsp3) is 0.227. The second-order valence-corrected chi connectivity index (χ2v) is 10.9. The molecule has 0 aliphatic heterocycles. The molecule has 3 aromatic carbocycles. The van der Waals surface area contributed by atoms with Gasteiger partial charge in [0.1, 0.15) is 5.75 Å². The van der Waals surface area contributed by atoms with Crippen molar-refractivity contribution in [1.29, 1.82) is 0 Å². The maximum Gasteiger partial charge on any atom is 0.520 e. The van der Waals surface area contributed by atoms with Crippen molar-refractivity contribution in [2.24, 2.45) is 0 Å². The van der Waals surface area contributed by atoms with Gasteiger partial charge in [-0.2, -0.15) is 0 Å². The lowest BCUT2D eigenvalue weighted by molar-refractivity contribution is 0.0697. The van der Waals surface area contributed by atoms with Gasteiger partial charge in [0.15, 0.2) is 0 Å². The summed E-state index contributed by atoms with van der Waals surface area (Å²) in [6.07, 6.45) is 0.0285. The summed E-state index contributed by atoms with van der Waals surface area (Å²) in [5, 5.41) is 13.7. The van der Waals surface area contributed by atoms with Crippen molar-refractivity contribution in [3.05, 3.63) is 77.9 Å². The summed E-state index contributed by atoms with van der Waals surface area (Å²) in [6.45, 7) is 3.69. The van der Waals surface area contributed by atoms with Gasteiger partial charge in [0, 0.05) is 0 Å². The van der Waals surface area contributed by atoms with Crippen molar-refractivity contribution in [2.45, 2.75) is 25.7 Å². The Kier molecular flexibility index (Phi) is 7.38. The van der Waals surface area contributed by atoms with Gasteiger partial charge in [0.25, 0.3) is 0 Å². The van der Waals surface area contributed by atoms with E-state index in [-0.39, 0.29) is 11.7 Å². The Morgan fingerprint density at radius 3 is 2.48 bits per heavy atom. The zero-order chi connectivity index (χ0) is 22.4. The molecular weight excluding hydrogens is 433 g/mol. The van der Waals surface area contributed by atoms with Gasteiger partial charge in [-0.15, -0.1) is 0 Å². The molecule has 162 valence electrons. The van der Waals surface area contributed by atoms with E-state index in [1.165, 1.54) is 0 Å². The van der Waals surface area contributed by atoms with E-state index in [1.807, 2.05) is 18.2 Å². The standard InChI is InChI=1S/C22H24NO6PSi/c1-3-28-31(27)16(2)23-30(26,29-21-7-5-4-6-8-21)15-17-9-10-18-11-12-19(22(24)25)14-20(18)13-17/h4-14,16H,3,15H2,1-2H3,(H,23,26)(H,24,25)/t16-,30?/m1/s1. The summed E-state index contributed by atoms with van der Waals surface area (Å²) in [5.74, 6) is -0.586. The van der Waals surface area contributed by atoms with Crippen molar-refractivity contribution in [3.8, 4) is 5.75 Å². The van der Waals surface area contributed by atoms with E-state index in [0.717, 1.165) is 10.8 Å². The van der Waals surface area contributed by atoms with Crippen molar-refractivity contribution in [1.82, 2.24) is 5.09 Å². The van der Waals surface area contributed by atoms with Crippen molar-refractivity contribution in [2.75, 3.05) is 6.61 Å². The molecule has 2 atom stereocenters. The molecule has 3 aromatic rings. The van der Waals surface area contributed by atoms with Crippen LogP contribution in [0.4, 0.5) is 0 Å². The molecule has 1 unspecified atom stereocenters. The van der Waals surface area contributed by atoms with Crippen LogP contribution in [0.25, 0.3) is 10.8 Å². The number of rotatable bonds is 10. The molecular formula is C22H24NO6PSi. The quantitative estimate of drug-likeness (QED) is 0.334. The minimum atomic E-state index is -3.53. The van der Waals surface area contributed by atoms with Crippen LogP contribution >= 0.6 is 7.52 Å². The molecule has 3 rings (SSSR count). The Balaban J connectivity index is 1.92. The highest BCUT2D eigenvalue weighted by Gasteiger charge is 2.32. The molecule has 0 amide bonds. The van der Waals surface area contributed by atoms with E-state index < -0.39 is 28.1 Å². The minimum Gasteiger partial charge on any atom is -0.524 e. The molecule has 0 heterocycles. The molecule has 0 aliphatic rings. The van der Waals surface area contributed by atoms with Gasteiger partial charge in [0.2, 0.25) is 0 Å². The van der Waals surface area contributed by atoms with E-state index in [4.69, 9.17) is 8.95 Å². The van der Waals surface area contributed by atoms with Crippen LogP contribution in [0.3, 0.4) is 0 Å². The normalized spacial score (nSPS) is 13.9. The number of nitrogens with one attached hydrogen (secondary N) is 1. The van der Waals surface area contributed by atoms with Crippen molar-refractivity contribution < 1.29 is 27.9 Å². The molecule has 0 saturated carbocycles. The average Bonchev–Trinajstić information content (AvgIpc) is 2.73. The van der Waals surface area contributed by atoms with Crippen LogP contribution in [0, 0.1) is 0 Å². The lowest BCUT2D eigenvalue weighted by Crippen LogP contribution is -2.36. The average molecular weight is 457 g/mol. The SMILES string of the molecule is CCO[Si](=O)[C@H](C)NP(=O)(Cc1ccc2ccc(C(=O)O)cc2c1)Oc1ccccc1. The lowest BCUT2D eigenvalue weighted by atomic mass is 10.0. The van der Waals surface area contributed by atoms with E-state index in [9.17, 15) is 18.9 Å². The van der Waals surface area contributed by atoms with Crippen LogP contribution in [-0.2, 0) is 19.6 Å². The molecule has 0 radical (unpaired) electrons. The Morgan fingerprint density at radius 2 is 1.81 bits per heavy atom. The van der Waals surface area contributed by atoms with E-state index in [0.29, 0.717) is 17.9 Å². The Hall–Kier alpha value is -2.80. The zero-order valence-corrected chi connectivity index (χ0v) is 19.2. The predicted molar refractivity (Wildman–Crippen MR) is 120 cm³/mol. The number of hydrogen-bond donors (Lipinski definition) is 2. The van der Waals surface area contributed by atoms with Crippen LogP contribution in [0.1, 0.15) is 29.8 Å². The van der Waals surface area contributed by atoms with Crippen LogP contribution in [0.2, 0.25) is 0 Å². The number of aromatic carboxylic acids is 1. The lowest BCUT2D eigenvalue weighted by Gasteiger charge is -2.23. The van der Waals surface area contributed by atoms with Gasteiger partial charge >= 0.3 is 22.4 Å². The first kappa shape index (κ1) is 22.9. The topological polar surface area (TPSA) is 102 Å². The molecule has 31 heavy (non-hydrogen) atoms. The third kappa shape index (κ3) is 6.10. The number of benzene rings is 3. The molecule has 0 fully saturated rings. The number of fused-ring (bicyclic) bond motifs is 1. The van der Waals surface area contributed by atoms with Gasteiger partial charge in [0.05, 0.1) is 24.0 Å².